The van der Waals surface area contributed by atoms with Gasteiger partial charge in [-0.3, -0.25) is 4.79 Å². The van der Waals surface area contributed by atoms with E-state index in [0.29, 0.717) is 6.42 Å². The molecule has 22 heteroatoms. The molecule has 11 N–H and O–H groups in total. The lowest BCUT2D eigenvalue weighted by Crippen LogP contribution is -2.32. The first kappa shape index (κ1) is 62.7. The van der Waals surface area contributed by atoms with Crippen molar-refractivity contribution in [2.45, 2.75) is 132 Å². The van der Waals surface area contributed by atoms with Crippen molar-refractivity contribution in [3.05, 3.63) is 0 Å². The fourth-order valence-corrected chi connectivity index (χ4v) is 5.39. The van der Waals surface area contributed by atoms with Crippen molar-refractivity contribution < 1.29 is 108 Å². The van der Waals surface area contributed by atoms with Crippen molar-refractivity contribution in [2.75, 3.05) is 132 Å². The van der Waals surface area contributed by atoms with Crippen LogP contribution >= 0.6 is 0 Å². The molecule has 0 fully saturated rings. The highest BCUT2D eigenvalue weighted by molar-refractivity contribution is 5.69. The number of rotatable bonds is 49. The maximum Gasteiger partial charge on any atom is 0.305 e. The van der Waals surface area contributed by atoms with Gasteiger partial charge in [0.05, 0.1) is 126 Å². The van der Waals surface area contributed by atoms with Gasteiger partial charge in [-0.05, 0) is 6.42 Å². The SMILES string of the molecule is CCCCCCCCCCCC(=O)OCC(O)COCC(O)COCC(O)COCC(O)COCC(O)COCC(O)COCC(O)COCC(O)COCC(O)COCC(O)CO. The maximum absolute atomic E-state index is 11.9. The van der Waals surface area contributed by atoms with Crippen LogP contribution in [0.5, 0.6) is 0 Å². The van der Waals surface area contributed by atoms with Crippen LogP contribution in [-0.2, 0) is 52.2 Å². The minimum absolute atomic E-state index is 0.125. The van der Waals surface area contributed by atoms with Crippen LogP contribution in [0.25, 0.3) is 0 Å². The molecule has 0 spiro atoms. The lowest BCUT2D eigenvalue weighted by molar-refractivity contribution is -0.148. The Bertz CT molecular complexity index is 1010. The fourth-order valence-electron chi connectivity index (χ4n) is 5.39. The van der Waals surface area contributed by atoms with Crippen molar-refractivity contribution in [3.63, 3.8) is 0 Å². The summed E-state index contributed by atoms with van der Waals surface area (Å²) in [5.41, 5.74) is 0. The minimum atomic E-state index is -1.06. The van der Waals surface area contributed by atoms with Gasteiger partial charge in [-0.2, -0.15) is 0 Å². The van der Waals surface area contributed by atoms with Crippen LogP contribution in [-0.4, -0.2) is 255 Å². The predicted molar refractivity (Wildman–Crippen MR) is 227 cm³/mol. The van der Waals surface area contributed by atoms with E-state index in [4.69, 9.17) is 52.5 Å². The van der Waals surface area contributed by atoms with E-state index in [0.717, 1.165) is 19.3 Å². The molecule has 0 heterocycles. The summed E-state index contributed by atoms with van der Waals surface area (Å²) >= 11 is 0. The predicted octanol–water partition coefficient (Wildman–Crippen LogP) is -2.80. The van der Waals surface area contributed by atoms with Gasteiger partial charge in [-0.25, -0.2) is 0 Å². The monoisotopic (exact) mass is 941 g/mol. The molecule has 0 aromatic rings. The molecule has 0 aliphatic heterocycles. The number of hydrogen-bond donors (Lipinski definition) is 11. The third kappa shape index (κ3) is 43.3. The van der Waals surface area contributed by atoms with Gasteiger partial charge in [0.1, 0.15) is 67.6 Å². The molecule has 0 rings (SSSR count). The zero-order chi connectivity index (χ0) is 47.6. The summed E-state index contributed by atoms with van der Waals surface area (Å²) in [6.45, 7) is -1.36. The van der Waals surface area contributed by atoms with E-state index in [9.17, 15) is 55.9 Å². The van der Waals surface area contributed by atoms with Crippen LogP contribution in [0.4, 0.5) is 0 Å². The van der Waals surface area contributed by atoms with Crippen LogP contribution in [0.15, 0.2) is 0 Å². The Morgan fingerprint density at radius 1 is 0.312 bits per heavy atom. The molecule has 0 aliphatic rings. The van der Waals surface area contributed by atoms with Crippen molar-refractivity contribution in [2.24, 2.45) is 0 Å². The van der Waals surface area contributed by atoms with Gasteiger partial charge in [-0.15, -0.1) is 0 Å². The number of carbonyl (C=O) groups is 1. The zero-order valence-corrected chi connectivity index (χ0v) is 37.9. The summed E-state index contributed by atoms with van der Waals surface area (Å²) in [7, 11) is 0. The summed E-state index contributed by atoms with van der Waals surface area (Å²) in [4.78, 5) is 11.9. The molecule has 0 saturated carbocycles. The standard InChI is InChI=1S/C42H84O22/c1-2-3-4-5-6-7-8-9-10-11-42(54)64-31-41(53)30-63-29-40(52)28-62-27-39(51)26-61-25-38(50)24-60-23-37(49)22-59-21-36(48)20-58-19-35(47)18-57-17-34(46)16-56-15-33(45)14-55-13-32(44)12-43/h32-41,43-53H,2-31H2,1H3. The summed E-state index contributed by atoms with van der Waals surface area (Å²) in [6.07, 6.45) is 0.187. The molecule has 22 nitrogen and oxygen atoms in total. The molecular formula is C42H84O22. The van der Waals surface area contributed by atoms with Crippen LogP contribution in [0.3, 0.4) is 0 Å². The van der Waals surface area contributed by atoms with E-state index in [1.807, 2.05) is 0 Å². The first-order valence-electron chi connectivity index (χ1n) is 22.5. The van der Waals surface area contributed by atoms with Gasteiger partial charge in [0.2, 0.25) is 0 Å². The Morgan fingerprint density at radius 2 is 0.516 bits per heavy atom. The smallest absolute Gasteiger partial charge is 0.305 e. The number of aliphatic hydroxyl groups excluding tert-OH is 11. The van der Waals surface area contributed by atoms with Gasteiger partial charge in [0.25, 0.3) is 0 Å². The number of carbonyl (C=O) groups excluding carboxylic acids is 1. The van der Waals surface area contributed by atoms with E-state index < -0.39 is 67.6 Å². The Balaban J connectivity index is 3.74. The molecule has 0 saturated heterocycles. The second-order valence-corrected chi connectivity index (χ2v) is 15.8. The van der Waals surface area contributed by atoms with Gasteiger partial charge in [0, 0.05) is 6.42 Å². The molecule has 0 aromatic carbocycles. The van der Waals surface area contributed by atoms with Crippen molar-refractivity contribution in [3.8, 4) is 0 Å². The molecule has 0 aliphatic carbocycles. The minimum Gasteiger partial charge on any atom is -0.463 e. The number of hydrogen-bond acceptors (Lipinski definition) is 22. The maximum atomic E-state index is 11.9. The second kappa shape index (κ2) is 44.2. The molecule has 0 radical (unpaired) electrons. The molecule has 0 amide bonds. The second-order valence-electron chi connectivity index (χ2n) is 15.8. The molecule has 10 unspecified atom stereocenters. The molecular weight excluding hydrogens is 856 g/mol. The van der Waals surface area contributed by atoms with Crippen LogP contribution in [0.1, 0.15) is 71.1 Å². The van der Waals surface area contributed by atoms with Gasteiger partial charge >= 0.3 is 5.97 Å². The Kier molecular flexibility index (Phi) is 43.3. The highest BCUT2D eigenvalue weighted by Crippen LogP contribution is 2.11. The quantitative estimate of drug-likeness (QED) is 0.0217. The number of esters is 1. The number of unbranched alkanes of at least 4 members (excludes halogenated alkanes) is 8. The zero-order valence-electron chi connectivity index (χ0n) is 37.9. The van der Waals surface area contributed by atoms with Crippen molar-refractivity contribution in [1.82, 2.24) is 0 Å². The third-order valence-corrected chi connectivity index (χ3v) is 8.72. The lowest BCUT2D eigenvalue weighted by Gasteiger charge is -2.18. The van der Waals surface area contributed by atoms with E-state index >= 15 is 0 Å². The summed E-state index contributed by atoms with van der Waals surface area (Å²) < 4.78 is 52.0. The lowest BCUT2D eigenvalue weighted by atomic mass is 10.1. The summed E-state index contributed by atoms with van der Waals surface area (Å²) in [5, 5.41) is 108. The van der Waals surface area contributed by atoms with Crippen LogP contribution < -0.4 is 0 Å². The van der Waals surface area contributed by atoms with Crippen LogP contribution in [0.2, 0.25) is 0 Å². The fraction of sp³-hybridized carbons (Fsp3) is 0.976. The summed E-state index contributed by atoms with van der Waals surface area (Å²) in [5.74, 6) is -0.362. The Labute approximate surface area is 378 Å². The number of aliphatic hydroxyl groups is 11. The first-order valence-corrected chi connectivity index (χ1v) is 22.5. The average Bonchev–Trinajstić information content (AvgIpc) is 3.25. The molecule has 384 valence electrons. The Morgan fingerprint density at radius 3 is 0.750 bits per heavy atom. The highest BCUT2D eigenvalue weighted by atomic mass is 16.6. The van der Waals surface area contributed by atoms with E-state index in [-0.39, 0.29) is 132 Å². The van der Waals surface area contributed by atoms with E-state index in [1.165, 1.54) is 38.5 Å². The van der Waals surface area contributed by atoms with Crippen LogP contribution in [0, 0.1) is 0 Å². The van der Waals surface area contributed by atoms with E-state index in [2.05, 4.69) is 6.92 Å². The third-order valence-electron chi connectivity index (χ3n) is 8.72. The largest absolute Gasteiger partial charge is 0.463 e. The molecule has 0 aromatic heterocycles. The average molecular weight is 941 g/mol. The summed E-state index contributed by atoms with van der Waals surface area (Å²) in [6, 6.07) is 0. The first-order chi connectivity index (χ1) is 30.7. The Hall–Kier alpha value is -1.33. The topological polar surface area (TPSA) is 332 Å². The highest BCUT2D eigenvalue weighted by Gasteiger charge is 2.16. The molecule has 0 bridgehead atoms. The van der Waals surface area contributed by atoms with E-state index in [1.54, 1.807) is 0 Å². The van der Waals surface area contributed by atoms with Gasteiger partial charge in [-0.1, -0.05) is 58.3 Å². The molecule has 10 atom stereocenters. The van der Waals surface area contributed by atoms with Gasteiger partial charge in [0.15, 0.2) is 0 Å². The molecule has 64 heavy (non-hydrogen) atoms. The normalized spacial score (nSPS) is 16.8. The number of ether oxygens (including phenoxy) is 10. The van der Waals surface area contributed by atoms with Crippen molar-refractivity contribution >= 4 is 5.97 Å². The van der Waals surface area contributed by atoms with Gasteiger partial charge < -0.3 is 104 Å². The van der Waals surface area contributed by atoms with Crippen molar-refractivity contribution in [1.29, 1.82) is 0 Å².